The predicted molar refractivity (Wildman–Crippen MR) is 76.4 cm³/mol. The molecular formula is C16H13N3O2. The molecule has 0 saturated carbocycles. The average molecular weight is 279 g/mol. The van der Waals surface area contributed by atoms with E-state index in [0.29, 0.717) is 16.8 Å². The maximum Gasteiger partial charge on any atom is 0.323 e. The van der Waals surface area contributed by atoms with Crippen LogP contribution in [0.5, 0.6) is 0 Å². The van der Waals surface area contributed by atoms with Gasteiger partial charge in [-0.3, -0.25) is 4.79 Å². The second kappa shape index (κ2) is 5.52. The van der Waals surface area contributed by atoms with Gasteiger partial charge in [0.15, 0.2) is 0 Å². The van der Waals surface area contributed by atoms with E-state index in [-0.39, 0.29) is 6.54 Å². The Morgan fingerprint density at radius 2 is 1.76 bits per heavy atom. The first kappa shape index (κ1) is 14.4. The molecule has 1 N–H and O–H groups in total. The Balaban J connectivity index is 2.65. The molecule has 0 spiro atoms. The lowest BCUT2D eigenvalue weighted by atomic mass is 10.0. The topological polar surface area (TPSA) is 89.8 Å². The van der Waals surface area contributed by atoms with Crippen molar-refractivity contribution < 1.29 is 9.90 Å². The van der Waals surface area contributed by atoms with Gasteiger partial charge in [0.1, 0.15) is 12.6 Å². The standard InChI is InChI=1S/C16H13N3O2/c1-10-14(8-18)16(11(2)19(10)9-15(20)21)13-5-3-12(7-17)4-6-13/h3-6H,9H2,1-2H3,(H,20,21). The molecule has 0 atom stereocenters. The van der Waals surface area contributed by atoms with Crippen LogP contribution in [-0.2, 0) is 11.3 Å². The normalized spacial score (nSPS) is 9.90. The van der Waals surface area contributed by atoms with E-state index in [2.05, 4.69) is 6.07 Å². The number of rotatable bonds is 3. The fourth-order valence-corrected chi connectivity index (χ4v) is 2.46. The summed E-state index contributed by atoms with van der Waals surface area (Å²) in [6.45, 7) is 3.36. The maximum atomic E-state index is 11.0. The van der Waals surface area contributed by atoms with Crippen molar-refractivity contribution in [3.8, 4) is 23.3 Å². The highest BCUT2D eigenvalue weighted by molar-refractivity contribution is 5.76. The van der Waals surface area contributed by atoms with E-state index in [1.165, 1.54) is 0 Å². The molecule has 0 radical (unpaired) electrons. The van der Waals surface area contributed by atoms with Gasteiger partial charge in [-0.25, -0.2) is 0 Å². The zero-order valence-electron chi connectivity index (χ0n) is 11.7. The smallest absolute Gasteiger partial charge is 0.323 e. The first-order valence-corrected chi connectivity index (χ1v) is 6.31. The monoisotopic (exact) mass is 279 g/mol. The van der Waals surface area contributed by atoms with Crippen LogP contribution in [0.25, 0.3) is 11.1 Å². The molecule has 1 aromatic carbocycles. The Bertz CT molecular complexity index is 787. The average Bonchev–Trinajstić information content (AvgIpc) is 2.71. The van der Waals surface area contributed by atoms with Crippen molar-refractivity contribution >= 4 is 5.97 Å². The number of hydrogen-bond donors (Lipinski definition) is 1. The highest BCUT2D eigenvalue weighted by Gasteiger charge is 2.20. The molecule has 0 amide bonds. The Hall–Kier alpha value is -3.05. The van der Waals surface area contributed by atoms with Crippen molar-refractivity contribution in [3.05, 3.63) is 46.8 Å². The number of hydrogen-bond acceptors (Lipinski definition) is 3. The van der Waals surface area contributed by atoms with Gasteiger partial charge in [0.05, 0.1) is 17.2 Å². The Kier molecular flexibility index (Phi) is 3.77. The summed E-state index contributed by atoms with van der Waals surface area (Å²) in [5, 5.41) is 27.2. The molecule has 0 aliphatic rings. The third kappa shape index (κ3) is 2.50. The van der Waals surface area contributed by atoms with Crippen LogP contribution in [0.2, 0.25) is 0 Å². The molecule has 21 heavy (non-hydrogen) atoms. The van der Waals surface area contributed by atoms with Gasteiger partial charge in [-0.1, -0.05) is 12.1 Å². The minimum atomic E-state index is -0.952. The molecule has 0 fully saturated rings. The molecular weight excluding hydrogens is 266 g/mol. The summed E-state index contributed by atoms with van der Waals surface area (Å²) >= 11 is 0. The Morgan fingerprint density at radius 3 is 2.24 bits per heavy atom. The van der Waals surface area contributed by atoms with Crippen LogP contribution >= 0.6 is 0 Å². The van der Waals surface area contributed by atoms with Gasteiger partial charge in [0.2, 0.25) is 0 Å². The van der Waals surface area contributed by atoms with Crippen molar-refractivity contribution in [2.24, 2.45) is 0 Å². The van der Waals surface area contributed by atoms with Crippen molar-refractivity contribution in [1.82, 2.24) is 4.57 Å². The Labute approximate surface area is 122 Å². The lowest BCUT2D eigenvalue weighted by Crippen LogP contribution is -2.11. The molecule has 0 unspecified atom stereocenters. The number of nitrogens with zero attached hydrogens (tertiary/aromatic N) is 3. The van der Waals surface area contributed by atoms with E-state index >= 15 is 0 Å². The molecule has 0 bridgehead atoms. The van der Waals surface area contributed by atoms with Gasteiger partial charge in [-0.2, -0.15) is 10.5 Å². The molecule has 0 aliphatic heterocycles. The molecule has 0 saturated heterocycles. The third-order valence-electron chi connectivity index (χ3n) is 3.49. The fraction of sp³-hybridized carbons (Fsp3) is 0.188. The lowest BCUT2D eigenvalue weighted by Gasteiger charge is -2.06. The molecule has 1 aromatic heterocycles. The maximum absolute atomic E-state index is 11.0. The van der Waals surface area contributed by atoms with Crippen molar-refractivity contribution in [2.45, 2.75) is 20.4 Å². The van der Waals surface area contributed by atoms with Gasteiger partial charge in [0.25, 0.3) is 0 Å². The highest BCUT2D eigenvalue weighted by Crippen LogP contribution is 2.32. The quantitative estimate of drug-likeness (QED) is 0.935. The predicted octanol–water partition coefficient (Wildman–Crippen LogP) is 2.60. The molecule has 5 heteroatoms. The lowest BCUT2D eigenvalue weighted by molar-refractivity contribution is -0.137. The van der Waals surface area contributed by atoms with Gasteiger partial charge >= 0.3 is 5.97 Å². The van der Waals surface area contributed by atoms with E-state index in [4.69, 9.17) is 10.4 Å². The van der Waals surface area contributed by atoms with Crippen molar-refractivity contribution in [3.63, 3.8) is 0 Å². The molecule has 2 aromatic rings. The second-order valence-electron chi connectivity index (χ2n) is 4.70. The number of nitriles is 2. The van der Waals surface area contributed by atoms with Gasteiger partial charge in [-0.05, 0) is 31.5 Å². The van der Waals surface area contributed by atoms with Crippen LogP contribution in [0.1, 0.15) is 22.5 Å². The summed E-state index contributed by atoms with van der Waals surface area (Å²) in [6.07, 6.45) is 0. The highest BCUT2D eigenvalue weighted by atomic mass is 16.4. The summed E-state index contributed by atoms with van der Waals surface area (Å²) in [4.78, 5) is 11.0. The number of carboxylic acids is 1. The summed E-state index contributed by atoms with van der Waals surface area (Å²) in [5.41, 5.74) is 3.90. The second-order valence-corrected chi connectivity index (χ2v) is 4.70. The van der Waals surface area contributed by atoms with Crippen LogP contribution in [0, 0.1) is 36.5 Å². The van der Waals surface area contributed by atoms with Crippen LogP contribution in [-0.4, -0.2) is 15.6 Å². The number of aliphatic carboxylic acids is 1. The minimum Gasteiger partial charge on any atom is -0.480 e. The zero-order valence-corrected chi connectivity index (χ0v) is 11.7. The van der Waals surface area contributed by atoms with E-state index < -0.39 is 5.97 Å². The zero-order chi connectivity index (χ0) is 15.6. The molecule has 2 rings (SSSR count). The third-order valence-corrected chi connectivity index (χ3v) is 3.49. The van der Waals surface area contributed by atoms with Crippen molar-refractivity contribution in [2.75, 3.05) is 0 Å². The molecule has 5 nitrogen and oxygen atoms in total. The number of carbonyl (C=O) groups is 1. The summed E-state index contributed by atoms with van der Waals surface area (Å²) in [6, 6.07) is 11.1. The molecule has 0 aliphatic carbocycles. The van der Waals surface area contributed by atoms with Gasteiger partial charge < -0.3 is 9.67 Å². The van der Waals surface area contributed by atoms with E-state index in [0.717, 1.165) is 16.8 Å². The summed E-state index contributed by atoms with van der Waals surface area (Å²) in [5.74, 6) is -0.952. The number of carboxylic acid groups (broad SMARTS) is 1. The van der Waals surface area contributed by atoms with E-state index in [1.807, 2.05) is 6.07 Å². The van der Waals surface area contributed by atoms with Gasteiger partial charge in [-0.15, -0.1) is 0 Å². The fourth-order valence-electron chi connectivity index (χ4n) is 2.46. The SMILES string of the molecule is Cc1c(C#N)c(-c2ccc(C#N)cc2)c(C)n1CC(=O)O. The van der Waals surface area contributed by atoms with Crippen LogP contribution in [0.3, 0.4) is 0 Å². The summed E-state index contributed by atoms with van der Waals surface area (Å²) < 4.78 is 1.62. The van der Waals surface area contributed by atoms with Gasteiger partial charge in [0, 0.05) is 17.0 Å². The van der Waals surface area contributed by atoms with E-state index in [9.17, 15) is 10.1 Å². The first-order chi connectivity index (χ1) is 9.99. The largest absolute Gasteiger partial charge is 0.480 e. The van der Waals surface area contributed by atoms with Crippen molar-refractivity contribution in [1.29, 1.82) is 10.5 Å². The van der Waals surface area contributed by atoms with Crippen LogP contribution in [0.4, 0.5) is 0 Å². The van der Waals surface area contributed by atoms with E-state index in [1.54, 1.807) is 42.7 Å². The molecule has 1 heterocycles. The van der Waals surface area contributed by atoms with Crippen LogP contribution in [0.15, 0.2) is 24.3 Å². The van der Waals surface area contributed by atoms with Crippen LogP contribution < -0.4 is 0 Å². The summed E-state index contributed by atoms with van der Waals surface area (Å²) in [7, 11) is 0. The first-order valence-electron chi connectivity index (χ1n) is 6.31. The minimum absolute atomic E-state index is 0.178. The number of benzene rings is 1. The Morgan fingerprint density at radius 1 is 1.14 bits per heavy atom. The molecule has 104 valence electrons. The number of aromatic nitrogens is 1.